The SMILES string of the molecule is CCC(NC)c1ccc(-c2ccc(C(F)(F)F)cc2)s1. The highest BCUT2D eigenvalue weighted by Gasteiger charge is 2.30. The van der Waals surface area contributed by atoms with Crippen LogP contribution in [0.3, 0.4) is 0 Å². The van der Waals surface area contributed by atoms with E-state index in [-0.39, 0.29) is 0 Å². The lowest BCUT2D eigenvalue weighted by Gasteiger charge is -2.10. The number of halogens is 3. The topological polar surface area (TPSA) is 12.0 Å². The molecule has 0 fully saturated rings. The molecule has 1 heterocycles. The van der Waals surface area contributed by atoms with Gasteiger partial charge >= 0.3 is 6.18 Å². The molecule has 0 aliphatic heterocycles. The Bertz CT molecular complexity index is 553. The lowest BCUT2D eigenvalue weighted by Crippen LogP contribution is -2.13. The molecule has 0 spiro atoms. The van der Waals surface area contributed by atoms with Crippen LogP contribution in [-0.4, -0.2) is 7.05 Å². The highest BCUT2D eigenvalue weighted by Crippen LogP contribution is 2.35. The van der Waals surface area contributed by atoms with Gasteiger partial charge in [0.05, 0.1) is 5.56 Å². The van der Waals surface area contributed by atoms with Gasteiger partial charge in [-0.3, -0.25) is 0 Å². The Labute approximate surface area is 120 Å². The van der Waals surface area contributed by atoms with Crippen molar-refractivity contribution in [3.05, 3.63) is 46.8 Å². The highest BCUT2D eigenvalue weighted by atomic mass is 32.1. The van der Waals surface area contributed by atoms with Gasteiger partial charge in [-0.1, -0.05) is 19.1 Å². The second-order valence-electron chi connectivity index (χ2n) is 4.53. The first-order valence-corrected chi connectivity index (χ1v) is 7.22. The molecule has 1 aromatic heterocycles. The van der Waals surface area contributed by atoms with Gasteiger partial charge in [-0.25, -0.2) is 0 Å². The van der Waals surface area contributed by atoms with Gasteiger partial charge in [0, 0.05) is 15.8 Å². The Balaban J connectivity index is 2.24. The van der Waals surface area contributed by atoms with Gasteiger partial charge in [-0.05, 0) is 43.3 Å². The largest absolute Gasteiger partial charge is 0.416 e. The van der Waals surface area contributed by atoms with Gasteiger partial charge in [0.2, 0.25) is 0 Å². The van der Waals surface area contributed by atoms with Crippen LogP contribution in [0.5, 0.6) is 0 Å². The third-order valence-corrected chi connectivity index (χ3v) is 4.47. The zero-order valence-electron chi connectivity index (χ0n) is 11.3. The fourth-order valence-corrected chi connectivity index (χ4v) is 3.27. The number of hydrogen-bond donors (Lipinski definition) is 1. The molecule has 1 atom stereocenters. The van der Waals surface area contributed by atoms with Crippen LogP contribution in [0.25, 0.3) is 10.4 Å². The third kappa shape index (κ3) is 3.22. The van der Waals surface area contributed by atoms with Gasteiger partial charge in [-0.15, -0.1) is 11.3 Å². The number of alkyl halides is 3. The summed E-state index contributed by atoms with van der Waals surface area (Å²) in [7, 11) is 1.91. The van der Waals surface area contributed by atoms with E-state index in [1.807, 2.05) is 19.2 Å². The molecular formula is C15H16F3NS. The van der Waals surface area contributed by atoms with Crippen LogP contribution in [0.15, 0.2) is 36.4 Å². The quantitative estimate of drug-likeness (QED) is 0.827. The lowest BCUT2D eigenvalue weighted by molar-refractivity contribution is -0.137. The predicted octanol–water partition coefficient (Wildman–Crippen LogP) is 5.10. The summed E-state index contributed by atoms with van der Waals surface area (Å²) < 4.78 is 37.6. The van der Waals surface area contributed by atoms with Gasteiger partial charge in [-0.2, -0.15) is 13.2 Å². The Kier molecular flexibility index (Phi) is 4.50. The minimum Gasteiger partial charge on any atom is -0.312 e. The monoisotopic (exact) mass is 299 g/mol. The fourth-order valence-electron chi connectivity index (χ4n) is 2.07. The zero-order chi connectivity index (χ0) is 14.8. The van der Waals surface area contributed by atoms with Crippen LogP contribution in [0.2, 0.25) is 0 Å². The normalized spacial score (nSPS) is 13.4. The maximum Gasteiger partial charge on any atom is 0.416 e. The molecule has 0 aliphatic rings. The molecule has 0 aliphatic carbocycles. The van der Waals surface area contributed by atoms with E-state index in [1.54, 1.807) is 11.3 Å². The number of benzene rings is 1. The molecule has 5 heteroatoms. The summed E-state index contributed by atoms with van der Waals surface area (Å²) in [6, 6.07) is 9.60. The van der Waals surface area contributed by atoms with Gasteiger partial charge in [0.25, 0.3) is 0 Å². The van der Waals surface area contributed by atoms with Crippen molar-refractivity contribution in [2.45, 2.75) is 25.6 Å². The van der Waals surface area contributed by atoms with Crippen molar-refractivity contribution in [2.75, 3.05) is 7.05 Å². The van der Waals surface area contributed by atoms with E-state index in [0.29, 0.717) is 6.04 Å². The molecule has 0 amide bonds. The van der Waals surface area contributed by atoms with Gasteiger partial charge in [0.15, 0.2) is 0 Å². The van der Waals surface area contributed by atoms with Crippen molar-refractivity contribution in [2.24, 2.45) is 0 Å². The first kappa shape index (κ1) is 15.1. The Hall–Kier alpha value is -1.33. The van der Waals surface area contributed by atoms with E-state index < -0.39 is 11.7 Å². The smallest absolute Gasteiger partial charge is 0.312 e. The molecule has 1 N–H and O–H groups in total. The molecule has 0 saturated carbocycles. The fraction of sp³-hybridized carbons (Fsp3) is 0.333. The average molecular weight is 299 g/mol. The third-order valence-electron chi connectivity index (χ3n) is 3.22. The molecule has 0 saturated heterocycles. The zero-order valence-corrected chi connectivity index (χ0v) is 12.1. The van der Waals surface area contributed by atoms with Gasteiger partial charge < -0.3 is 5.32 Å². The van der Waals surface area contributed by atoms with Crippen LogP contribution < -0.4 is 5.32 Å². The Morgan fingerprint density at radius 3 is 2.25 bits per heavy atom. The minimum atomic E-state index is -4.28. The average Bonchev–Trinajstić information content (AvgIpc) is 2.89. The van der Waals surface area contributed by atoms with E-state index in [4.69, 9.17) is 0 Å². The summed E-state index contributed by atoms with van der Waals surface area (Å²) in [4.78, 5) is 2.19. The van der Waals surface area contributed by atoms with E-state index in [2.05, 4.69) is 12.2 Å². The highest BCUT2D eigenvalue weighted by molar-refractivity contribution is 7.15. The maximum absolute atomic E-state index is 12.5. The molecule has 2 aromatic rings. The van der Waals surface area contributed by atoms with Crippen LogP contribution >= 0.6 is 11.3 Å². The van der Waals surface area contributed by atoms with E-state index >= 15 is 0 Å². The predicted molar refractivity (Wildman–Crippen MR) is 76.8 cm³/mol. The number of nitrogens with one attached hydrogen (secondary N) is 1. The van der Waals surface area contributed by atoms with E-state index in [9.17, 15) is 13.2 Å². The van der Waals surface area contributed by atoms with Gasteiger partial charge in [0.1, 0.15) is 0 Å². The second-order valence-corrected chi connectivity index (χ2v) is 5.64. The van der Waals surface area contributed by atoms with Crippen LogP contribution in [0.1, 0.15) is 29.8 Å². The van der Waals surface area contributed by atoms with E-state index in [1.165, 1.54) is 17.0 Å². The molecule has 20 heavy (non-hydrogen) atoms. The minimum absolute atomic E-state index is 0.295. The van der Waals surface area contributed by atoms with E-state index in [0.717, 1.165) is 29.0 Å². The van der Waals surface area contributed by atoms with Crippen LogP contribution in [0, 0.1) is 0 Å². The second kappa shape index (κ2) is 5.97. The molecule has 0 radical (unpaired) electrons. The first-order valence-electron chi connectivity index (χ1n) is 6.40. The molecule has 1 aromatic carbocycles. The summed E-state index contributed by atoms with van der Waals surface area (Å²) in [5.74, 6) is 0. The first-order chi connectivity index (χ1) is 9.45. The van der Waals surface area contributed by atoms with Crippen molar-refractivity contribution >= 4 is 11.3 Å². The summed E-state index contributed by atoms with van der Waals surface area (Å²) in [5.41, 5.74) is 0.208. The summed E-state index contributed by atoms with van der Waals surface area (Å²) in [6.45, 7) is 2.10. The summed E-state index contributed by atoms with van der Waals surface area (Å²) in [6.07, 6.45) is -3.30. The standard InChI is InChI=1S/C15H16F3NS/c1-3-12(19-2)14-9-8-13(20-14)10-4-6-11(7-5-10)15(16,17)18/h4-9,12,19H,3H2,1-2H3. The lowest BCUT2D eigenvalue weighted by atomic mass is 10.1. The van der Waals surface area contributed by atoms with Crippen LogP contribution in [0.4, 0.5) is 13.2 Å². The Morgan fingerprint density at radius 1 is 1.10 bits per heavy atom. The van der Waals surface area contributed by atoms with Crippen molar-refractivity contribution in [3.63, 3.8) is 0 Å². The number of thiophene rings is 1. The molecule has 0 bridgehead atoms. The molecule has 108 valence electrons. The number of rotatable bonds is 4. The molecule has 1 unspecified atom stereocenters. The maximum atomic E-state index is 12.5. The number of hydrogen-bond acceptors (Lipinski definition) is 2. The Morgan fingerprint density at radius 2 is 1.75 bits per heavy atom. The molecule has 2 rings (SSSR count). The molecule has 1 nitrogen and oxygen atoms in total. The van der Waals surface area contributed by atoms with Crippen molar-refractivity contribution in [1.82, 2.24) is 5.32 Å². The van der Waals surface area contributed by atoms with Crippen LogP contribution in [-0.2, 0) is 6.18 Å². The van der Waals surface area contributed by atoms with Crippen molar-refractivity contribution in [1.29, 1.82) is 0 Å². The summed E-state index contributed by atoms with van der Waals surface area (Å²) >= 11 is 1.61. The van der Waals surface area contributed by atoms with Crippen molar-refractivity contribution in [3.8, 4) is 10.4 Å². The van der Waals surface area contributed by atoms with Crippen molar-refractivity contribution < 1.29 is 13.2 Å². The molecular weight excluding hydrogens is 283 g/mol. The summed E-state index contributed by atoms with van der Waals surface area (Å²) in [5, 5.41) is 3.22.